The average molecular weight is 396 g/mol. The number of thiophene rings is 1. The van der Waals surface area contributed by atoms with Gasteiger partial charge in [-0.2, -0.15) is 0 Å². The second kappa shape index (κ2) is 8.34. The van der Waals surface area contributed by atoms with Crippen LogP contribution in [0.4, 0.5) is 0 Å². The van der Waals surface area contributed by atoms with Gasteiger partial charge in [0.2, 0.25) is 5.60 Å². The van der Waals surface area contributed by atoms with Gasteiger partial charge in [-0.15, -0.1) is 11.3 Å². The molecule has 1 aliphatic carbocycles. The number of rotatable bonds is 5. The molecule has 1 heterocycles. The van der Waals surface area contributed by atoms with Crippen LogP contribution in [0, 0.1) is 0 Å². The van der Waals surface area contributed by atoms with E-state index in [1.165, 1.54) is 31.3 Å². The molecule has 27 heavy (non-hydrogen) atoms. The van der Waals surface area contributed by atoms with E-state index in [0.29, 0.717) is 10.5 Å². The minimum atomic E-state index is -1.81. The summed E-state index contributed by atoms with van der Waals surface area (Å²) in [5, 5.41) is 1.79. The minimum Gasteiger partial charge on any atom is -0.466 e. The van der Waals surface area contributed by atoms with E-state index in [-0.39, 0.29) is 6.42 Å². The van der Waals surface area contributed by atoms with Crippen LogP contribution in [0.3, 0.4) is 0 Å². The average Bonchev–Trinajstić information content (AvgIpc) is 3.09. The molecule has 1 aliphatic rings. The second-order valence-electron chi connectivity index (χ2n) is 5.93. The number of methoxy groups -OCH3 is 1. The van der Waals surface area contributed by atoms with Gasteiger partial charge in [-0.1, -0.05) is 6.07 Å². The van der Waals surface area contributed by atoms with Crippen molar-refractivity contribution >= 4 is 40.8 Å². The van der Waals surface area contributed by atoms with E-state index < -0.39 is 41.7 Å². The molecule has 2 rings (SSSR count). The lowest BCUT2D eigenvalue weighted by Crippen LogP contribution is -2.52. The quantitative estimate of drug-likeness (QED) is 0.549. The third-order valence-electron chi connectivity index (χ3n) is 3.81. The third-order valence-corrected chi connectivity index (χ3v) is 4.73. The summed E-state index contributed by atoms with van der Waals surface area (Å²) in [6.45, 7) is 3.58. The fourth-order valence-corrected chi connectivity index (χ4v) is 3.74. The lowest BCUT2D eigenvalue weighted by Gasteiger charge is -2.39. The number of hydrogen-bond acceptors (Lipinski definition) is 9. The number of hydrogen-bond donors (Lipinski definition) is 0. The zero-order valence-electron chi connectivity index (χ0n) is 15.3. The van der Waals surface area contributed by atoms with Crippen LogP contribution in [-0.4, -0.2) is 48.8 Å². The first-order valence-electron chi connectivity index (χ1n) is 8.07. The summed E-state index contributed by atoms with van der Waals surface area (Å²) < 4.78 is 20.8. The Bertz CT molecular complexity index is 766. The molecule has 0 spiro atoms. The highest BCUT2D eigenvalue weighted by atomic mass is 32.1. The highest BCUT2D eigenvalue weighted by Gasteiger charge is 2.52. The van der Waals surface area contributed by atoms with Crippen LogP contribution >= 0.6 is 11.3 Å². The minimum absolute atomic E-state index is 0.244. The molecule has 0 bridgehead atoms. The van der Waals surface area contributed by atoms with Crippen molar-refractivity contribution in [1.29, 1.82) is 0 Å². The summed E-state index contributed by atoms with van der Waals surface area (Å²) in [6, 6.07) is 3.52. The molecule has 0 aliphatic heterocycles. The number of carbonyl (C=O) groups is 4. The largest absolute Gasteiger partial charge is 0.466 e. The summed E-state index contributed by atoms with van der Waals surface area (Å²) in [5.41, 5.74) is -1.42. The molecule has 9 heteroatoms. The number of ether oxygens (including phenoxy) is 4. The molecular formula is C18H20O8S. The standard InChI is InChI=1S/C18H20O8S/c1-10(19)24-14-9-18(17(22)23-4,26-12(3)21)8-13(15-6-5-7-27-15)16(14)25-11(2)20/h5-8,14,16H,9H2,1-4H3/t14?,16-,18+/m1/s1. The Morgan fingerprint density at radius 3 is 2.22 bits per heavy atom. The smallest absolute Gasteiger partial charge is 0.354 e. The van der Waals surface area contributed by atoms with Crippen LogP contribution in [-0.2, 0) is 38.1 Å². The lowest BCUT2D eigenvalue weighted by molar-refractivity contribution is -0.184. The van der Waals surface area contributed by atoms with Crippen molar-refractivity contribution in [2.45, 2.75) is 45.0 Å². The molecule has 146 valence electrons. The van der Waals surface area contributed by atoms with E-state index >= 15 is 0 Å². The van der Waals surface area contributed by atoms with Crippen molar-refractivity contribution in [2.75, 3.05) is 7.11 Å². The highest BCUT2D eigenvalue weighted by molar-refractivity contribution is 7.11. The van der Waals surface area contributed by atoms with Gasteiger partial charge in [0, 0.05) is 37.6 Å². The lowest BCUT2D eigenvalue weighted by atomic mass is 9.81. The van der Waals surface area contributed by atoms with Crippen molar-refractivity contribution in [1.82, 2.24) is 0 Å². The van der Waals surface area contributed by atoms with Crippen molar-refractivity contribution in [3.8, 4) is 0 Å². The maximum atomic E-state index is 12.5. The first kappa shape index (κ1) is 20.6. The van der Waals surface area contributed by atoms with E-state index in [1.807, 2.05) is 0 Å². The van der Waals surface area contributed by atoms with Gasteiger partial charge in [0.1, 0.15) is 6.10 Å². The van der Waals surface area contributed by atoms with Gasteiger partial charge in [-0.3, -0.25) is 14.4 Å². The van der Waals surface area contributed by atoms with Gasteiger partial charge >= 0.3 is 23.9 Å². The van der Waals surface area contributed by atoms with E-state index in [1.54, 1.807) is 17.5 Å². The topological polar surface area (TPSA) is 105 Å². The molecule has 0 saturated heterocycles. The molecule has 0 fully saturated rings. The Morgan fingerprint density at radius 1 is 1.07 bits per heavy atom. The van der Waals surface area contributed by atoms with E-state index in [0.717, 1.165) is 14.0 Å². The van der Waals surface area contributed by atoms with Gasteiger partial charge in [0.25, 0.3) is 0 Å². The maximum Gasteiger partial charge on any atom is 0.354 e. The Hall–Kier alpha value is -2.68. The molecule has 0 N–H and O–H groups in total. The third kappa shape index (κ3) is 4.73. The van der Waals surface area contributed by atoms with Crippen molar-refractivity contribution < 1.29 is 38.1 Å². The van der Waals surface area contributed by atoms with Crippen LogP contribution in [0.15, 0.2) is 23.6 Å². The van der Waals surface area contributed by atoms with Crippen molar-refractivity contribution in [3.05, 3.63) is 28.5 Å². The molecule has 0 saturated carbocycles. The fraction of sp³-hybridized carbons (Fsp3) is 0.444. The predicted octanol–water partition coefficient (Wildman–Crippen LogP) is 1.87. The highest BCUT2D eigenvalue weighted by Crippen LogP contribution is 2.40. The molecule has 0 amide bonds. The Kier molecular flexibility index (Phi) is 6.37. The Balaban J connectivity index is 2.66. The van der Waals surface area contributed by atoms with E-state index in [9.17, 15) is 19.2 Å². The summed E-state index contributed by atoms with van der Waals surface area (Å²) in [4.78, 5) is 48.1. The van der Waals surface area contributed by atoms with E-state index in [2.05, 4.69) is 0 Å². The number of carbonyl (C=O) groups excluding carboxylic acids is 4. The first-order valence-corrected chi connectivity index (χ1v) is 8.95. The van der Waals surface area contributed by atoms with Gasteiger partial charge in [-0.25, -0.2) is 4.79 Å². The molecule has 0 aromatic carbocycles. The summed E-state index contributed by atoms with van der Waals surface area (Å²) in [5.74, 6) is -2.76. The van der Waals surface area contributed by atoms with Crippen LogP contribution in [0.2, 0.25) is 0 Å². The molecule has 3 atom stereocenters. The van der Waals surface area contributed by atoms with Crippen LogP contribution in [0.5, 0.6) is 0 Å². The summed E-state index contributed by atoms with van der Waals surface area (Å²) >= 11 is 1.33. The zero-order chi connectivity index (χ0) is 20.2. The van der Waals surface area contributed by atoms with E-state index in [4.69, 9.17) is 18.9 Å². The summed E-state index contributed by atoms with van der Waals surface area (Å²) in [6.07, 6.45) is -0.851. The molecule has 8 nitrogen and oxygen atoms in total. The SMILES string of the molecule is COC(=O)[C@]1(OC(C)=O)C=C(c2cccs2)[C@@H](OC(C)=O)C(OC(C)=O)C1. The van der Waals surface area contributed by atoms with Crippen molar-refractivity contribution in [3.63, 3.8) is 0 Å². The predicted molar refractivity (Wildman–Crippen MR) is 94.5 cm³/mol. The van der Waals surface area contributed by atoms with Crippen LogP contribution in [0.1, 0.15) is 32.1 Å². The van der Waals surface area contributed by atoms with Gasteiger partial charge in [-0.05, 0) is 17.5 Å². The zero-order valence-corrected chi connectivity index (χ0v) is 16.2. The number of esters is 4. The van der Waals surface area contributed by atoms with Gasteiger partial charge in [0.15, 0.2) is 6.10 Å². The van der Waals surface area contributed by atoms with Crippen LogP contribution < -0.4 is 0 Å². The fourth-order valence-electron chi connectivity index (χ4n) is 2.97. The van der Waals surface area contributed by atoms with Crippen molar-refractivity contribution in [2.24, 2.45) is 0 Å². The second-order valence-corrected chi connectivity index (χ2v) is 6.88. The molecule has 1 aromatic heterocycles. The summed E-state index contributed by atoms with van der Waals surface area (Å²) in [7, 11) is 1.16. The van der Waals surface area contributed by atoms with Crippen LogP contribution in [0.25, 0.3) is 5.57 Å². The molecule has 0 radical (unpaired) electrons. The monoisotopic (exact) mass is 396 g/mol. The Labute approximate surface area is 160 Å². The van der Waals surface area contributed by atoms with Gasteiger partial charge in [0.05, 0.1) is 7.11 Å². The molecule has 1 aromatic rings. The van der Waals surface area contributed by atoms with Gasteiger partial charge < -0.3 is 18.9 Å². The normalized spacial score (nSPS) is 24.4. The Morgan fingerprint density at radius 2 is 1.74 bits per heavy atom. The maximum absolute atomic E-state index is 12.5. The first-order chi connectivity index (χ1) is 12.7. The molecule has 1 unspecified atom stereocenters. The molecular weight excluding hydrogens is 376 g/mol.